The van der Waals surface area contributed by atoms with Gasteiger partial charge in [-0.25, -0.2) is 0 Å². The van der Waals surface area contributed by atoms with Crippen LogP contribution in [0.3, 0.4) is 0 Å². The van der Waals surface area contributed by atoms with E-state index in [2.05, 4.69) is 27.5 Å². The molecule has 1 aliphatic rings. The number of hydrogen-bond acceptors (Lipinski definition) is 3. The van der Waals surface area contributed by atoms with Gasteiger partial charge in [0.25, 0.3) is 0 Å². The van der Waals surface area contributed by atoms with Gasteiger partial charge in [-0.1, -0.05) is 25.7 Å². The largest absolute Gasteiger partial charge is 0.318 e. The lowest BCUT2D eigenvalue weighted by Gasteiger charge is -2.19. The van der Waals surface area contributed by atoms with Crippen LogP contribution in [0.4, 0.5) is 0 Å². The molecule has 2 N–H and O–H groups in total. The number of hydrogen-bond donors (Lipinski definition) is 2. The maximum Gasteiger partial charge on any atom is 0.0535 e. The smallest absolute Gasteiger partial charge is 0.0535 e. The van der Waals surface area contributed by atoms with E-state index in [9.17, 15) is 0 Å². The van der Waals surface area contributed by atoms with Gasteiger partial charge in [-0.2, -0.15) is 5.10 Å². The zero-order valence-corrected chi connectivity index (χ0v) is 12.4. The fraction of sp³-hybridized carbons (Fsp3) is 0.800. The minimum absolute atomic E-state index is 0.706. The molecule has 0 atom stereocenters. The average molecular weight is 264 g/mol. The van der Waals surface area contributed by atoms with Crippen molar-refractivity contribution in [2.75, 3.05) is 27.2 Å². The number of nitrogens with zero attached hydrogens (tertiary/aromatic N) is 2. The Labute approximate surface area is 117 Å². The minimum Gasteiger partial charge on any atom is -0.318 e. The van der Waals surface area contributed by atoms with Gasteiger partial charge in [0.15, 0.2) is 0 Å². The van der Waals surface area contributed by atoms with Gasteiger partial charge < -0.3 is 10.2 Å². The Morgan fingerprint density at radius 3 is 2.74 bits per heavy atom. The molecule has 0 saturated heterocycles. The molecule has 19 heavy (non-hydrogen) atoms. The number of aromatic amines is 1. The van der Waals surface area contributed by atoms with Gasteiger partial charge in [0, 0.05) is 36.8 Å². The summed E-state index contributed by atoms with van der Waals surface area (Å²) < 4.78 is 0. The van der Waals surface area contributed by atoms with Gasteiger partial charge in [0.05, 0.1) is 6.20 Å². The Morgan fingerprint density at radius 1 is 1.32 bits per heavy atom. The van der Waals surface area contributed by atoms with Crippen molar-refractivity contribution in [1.82, 2.24) is 20.4 Å². The Bertz CT molecular complexity index is 353. The van der Waals surface area contributed by atoms with E-state index in [1.807, 2.05) is 13.2 Å². The van der Waals surface area contributed by atoms with Crippen molar-refractivity contribution >= 4 is 0 Å². The standard InChI is InChI=1S/C15H28N4/c1-16-9-10-19(2)12-14-11-17-18-15(14)13-7-5-3-4-6-8-13/h11,13,16H,3-10,12H2,1-2H3,(H,17,18). The molecule has 4 nitrogen and oxygen atoms in total. The van der Waals surface area contributed by atoms with E-state index in [0.717, 1.165) is 19.6 Å². The second-order valence-corrected chi connectivity index (χ2v) is 5.84. The second kappa shape index (κ2) is 7.65. The molecule has 0 bridgehead atoms. The molecule has 0 radical (unpaired) electrons. The number of rotatable bonds is 6. The molecule has 2 rings (SSSR count). The predicted octanol–water partition coefficient (Wildman–Crippen LogP) is 2.50. The summed E-state index contributed by atoms with van der Waals surface area (Å²) in [6.07, 6.45) is 10.2. The quantitative estimate of drug-likeness (QED) is 0.776. The highest BCUT2D eigenvalue weighted by Gasteiger charge is 2.19. The van der Waals surface area contributed by atoms with Crippen LogP contribution >= 0.6 is 0 Å². The highest BCUT2D eigenvalue weighted by Crippen LogP contribution is 2.32. The van der Waals surface area contributed by atoms with Crippen LogP contribution in [0.25, 0.3) is 0 Å². The van der Waals surface area contributed by atoms with Crippen molar-refractivity contribution in [3.8, 4) is 0 Å². The Kier molecular flexibility index (Phi) is 5.86. The first kappa shape index (κ1) is 14.5. The van der Waals surface area contributed by atoms with Crippen LogP contribution in [-0.2, 0) is 6.54 Å². The SMILES string of the molecule is CNCCN(C)Cc1cn[nH]c1C1CCCCCC1. The molecule has 0 unspecified atom stereocenters. The fourth-order valence-electron chi connectivity index (χ4n) is 3.04. The van der Waals surface area contributed by atoms with E-state index in [-0.39, 0.29) is 0 Å². The van der Waals surface area contributed by atoms with Crippen LogP contribution in [0.1, 0.15) is 55.7 Å². The fourth-order valence-corrected chi connectivity index (χ4v) is 3.04. The molecule has 4 heteroatoms. The molecule has 1 aliphatic carbocycles. The van der Waals surface area contributed by atoms with Crippen LogP contribution < -0.4 is 5.32 Å². The molecule has 0 spiro atoms. The summed E-state index contributed by atoms with van der Waals surface area (Å²) in [5, 5.41) is 10.8. The van der Waals surface area contributed by atoms with Gasteiger partial charge in [0.1, 0.15) is 0 Å². The Balaban J connectivity index is 1.96. The Hall–Kier alpha value is -0.870. The van der Waals surface area contributed by atoms with Gasteiger partial charge in [-0.15, -0.1) is 0 Å². The first-order chi connectivity index (χ1) is 9.31. The molecule has 1 fully saturated rings. The third kappa shape index (κ3) is 4.32. The number of aromatic nitrogens is 2. The van der Waals surface area contributed by atoms with Crippen molar-refractivity contribution in [2.45, 2.75) is 51.0 Å². The molecule has 1 aromatic heterocycles. The third-order valence-electron chi connectivity index (χ3n) is 4.20. The van der Waals surface area contributed by atoms with Crippen LogP contribution in [0.5, 0.6) is 0 Å². The summed E-state index contributed by atoms with van der Waals surface area (Å²) in [5.74, 6) is 0.706. The van der Waals surface area contributed by atoms with Crippen molar-refractivity contribution < 1.29 is 0 Å². The monoisotopic (exact) mass is 264 g/mol. The number of nitrogens with one attached hydrogen (secondary N) is 2. The van der Waals surface area contributed by atoms with Crippen LogP contribution in [0, 0.1) is 0 Å². The summed E-state index contributed by atoms with van der Waals surface area (Å²) in [6, 6.07) is 0. The maximum absolute atomic E-state index is 4.29. The summed E-state index contributed by atoms with van der Waals surface area (Å²) in [5.41, 5.74) is 2.80. The lowest BCUT2D eigenvalue weighted by Crippen LogP contribution is -2.27. The highest BCUT2D eigenvalue weighted by molar-refractivity contribution is 5.20. The van der Waals surface area contributed by atoms with E-state index in [0.29, 0.717) is 5.92 Å². The topological polar surface area (TPSA) is 44.0 Å². The molecule has 0 aliphatic heterocycles. The van der Waals surface area contributed by atoms with Crippen LogP contribution in [-0.4, -0.2) is 42.3 Å². The number of H-pyrrole nitrogens is 1. The van der Waals surface area contributed by atoms with Crippen LogP contribution in [0.15, 0.2) is 6.20 Å². The van der Waals surface area contributed by atoms with E-state index in [4.69, 9.17) is 0 Å². The van der Waals surface area contributed by atoms with Gasteiger partial charge in [-0.3, -0.25) is 5.10 Å². The van der Waals surface area contributed by atoms with Crippen molar-refractivity contribution in [3.63, 3.8) is 0 Å². The molecule has 1 saturated carbocycles. The first-order valence-electron chi connectivity index (χ1n) is 7.66. The second-order valence-electron chi connectivity index (χ2n) is 5.84. The van der Waals surface area contributed by atoms with Crippen LogP contribution in [0.2, 0.25) is 0 Å². The molecular weight excluding hydrogens is 236 g/mol. The van der Waals surface area contributed by atoms with Crippen molar-refractivity contribution in [3.05, 3.63) is 17.5 Å². The first-order valence-corrected chi connectivity index (χ1v) is 7.66. The van der Waals surface area contributed by atoms with Crippen molar-refractivity contribution in [2.24, 2.45) is 0 Å². The zero-order valence-electron chi connectivity index (χ0n) is 12.4. The highest BCUT2D eigenvalue weighted by atomic mass is 15.1. The minimum atomic E-state index is 0.706. The van der Waals surface area contributed by atoms with E-state index >= 15 is 0 Å². The molecule has 108 valence electrons. The van der Waals surface area contributed by atoms with Crippen molar-refractivity contribution in [1.29, 1.82) is 0 Å². The summed E-state index contributed by atoms with van der Waals surface area (Å²) >= 11 is 0. The van der Waals surface area contributed by atoms with Gasteiger partial charge in [0.2, 0.25) is 0 Å². The molecule has 1 aromatic rings. The van der Waals surface area contributed by atoms with E-state index < -0.39 is 0 Å². The molecular formula is C15H28N4. The zero-order chi connectivity index (χ0) is 13.5. The predicted molar refractivity (Wildman–Crippen MR) is 79.3 cm³/mol. The maximum atomic E-state index is 4.29. The normalized spacial score (nSPS) is 17.8. The average Bonchev–Trinajstić information content (AvgIpc) is 2.70. The van der Waals surface area contributed by atoms with E-state index in [1.165, 1.54) is 49.8 Å². The number of likely N-dealkylation sites (N-methyl/N-ethyl adjacent to an activating group) is 2. The molecule has 0 aromatic carbocycles. The Morgan fingerprint density at radius 2 is 2.05 bits per heavy atom. The molecule has 0 amide bonds. The lowest BCUT2D eigenvalue weighted by molar-refractivity contribution is 0.326. The van der Waals surface area contributed by atoms with Gasteiger partial charge in [-0.05, 0) is 26.9 Å². The van der Waals surface area contributed by atoms with E-state index in [1.54, 1.807) is 0 Å². The molecule has 1 heterocycles. The summed E-state index contributed by atoms with van der Waals surface area (Å²) in [7, 11) is 4.18. The summed E-state index contributed by atoms with van der Waals surface area (Å²) in [4.78, 5) is 2.36. The lowest BCUT2D eigenvalue weighted by atomic mass is 9.94. The van der Waals surface area contributed by atoms with Gasteiger partial charge >= 0.3 is 0 Å². The summed E-state index contributed by atoms with van der Waals surface area (Å²) in [6.45, 7) is 3.11. The third-order valence-corrected chi connectivity index (χ3v) is 4.20.